The van der Waals surface area contributed by atoms with Crippen LogP contribution in [-0.4, -0.2) is 23.0 Å². The van der Waals surface area contributed by atoms with E-state index in [0.29, 0.717) is 23.0 Å². The normalized spacial score (nSPS) is 15.3. The maximum absolute atomic E-state index is 12.6. The van der Waals surface area contributed by atoms with Crippen molar-refractivity contribution in [2.24, 2.45) is 11.7 Å². The molecular weight excluding hydrogens is 381 g/mol. The molecule has 1 aliphatic rings. The fourth-order valence-electron chi connectivity index (χ4n) is 2.74. The number of carbonyl (C=O) groups excluding carboxylic acids is 1. The van der Waals surface area contributed by atoms with E-state index < -0.39 is 0 Å². The van der Waals surface area contributed by atoms with Crippen molar-refractivity contribution in [3.05, 3.63) is 53.3 Å². The van der Waals surface area contributed by atoms with Crippen molar-refractivity contribution in [3.63, 3.8) is 0 Å². The van der Waals surface area contributed by atoms with Crippen LogP contribution in [0.2, 0.25) is 5.02 Å². The van der Waals surface area contributed by atoms with Gasteiger partial charge in [-0.15, -0.1) is 24.8 Å². The van der Waals surface area contributed by atoms with Crippen LogP contribution >= 0.6 is 36.4 Å². The summed E-state index contributed by atoms with van der Waals surface area (Å²) in [6.07, 6.45) is 5.57. The van der Waals surface area contributed by atoms with E-state index in [2.05, 4.69) is 10.3 Å². The lowest BCUT2D eigenvalue weighted by Gasteiger charge is -2.29. The Bertz CT molecular complexity index is 720. The third-order valence-electron chi connectivity index (χ3n) is 4.48. The third-order valence-corrected chi connectivity index (χ3v) is 4.73. The van der Waals surface area contributed by atoms with Crippen LogP contribution < -0.4 is 11.1 Å². The minimum Gasteiger partial charge on any atom is -0.345 e. The van der Waals surface area contributed by atoms with Gasteiger partial charge < -0.3 is 11.1 Å². The van der Waals surface area contributed by atoms with E-state index in [4.69, 9.17) is 17.3 Å². The predicted octanol–water partition coefficient (Wildman–Crippen LogP) is 4.10. The zero-order valence-corrected chi connectivity index (χ0v) is 16.3. The largest absolute Gasteiger partial charge is 0.345 e. The van der Waals surface area contributed by atoms with Gasteiger partial charge in [0.2, 0.25) is 0 Å². The number of halogens is 3. The van der Waals surface area contributed by atoms with Crippen molar-refractivity contribution in [1.29, 1.82) is 0 Å². The van der Waals surface area contributed by atoms with Crippen molar-refractivity contribution in [1.82, 2.24) is 10.3 Å². The molecule has 1 aliphatic carbocycles. The zero-order valence-electron chi connectivity index (χ0n) is 13.9. The Balaban J connectivity index is 0.00000156. The standard InChI is InChI=1S/C18H20ClN3O.2ClH/c1-18(11-20,15-4-5-15)22-17(23)14-8-13(9-21-10-14)12-2-6-16(19)7-3-12;;/h2-3,6-10,15H,4-5,11,20H2,1H3,(H,22,23);2*1H. The molecule has 0 aliphatic heterocycles. The average molecular weight is 403 g/mol. The van der Waals surface area contributed by atoms with Crippen LogP contribution in [0.3, 0.4) is 0 Å². The van der Waals surface area contributed by atoms with E-state index in [1.54, 1.807) is 12.4 Å². The number of rotatable bonds is 5. The number of hydrogen-bond acceptors (Lipinski definition) is 3. The van der Waals surface area contributed by atoms with E-state index in [1.165, 1.54) is 0 Å². The zero-order chi connectivity index (χ0) is 16.4. The van der Waals surface area contributed by atoms with Gasteiger partial charge in [0.05, 0.1) is 11.1 Å². The molecule has 136 valence electrons. The molecule has 0 bridgehead atoms. The van der Waals surface area contributed by atoms with E-state index >= 15 is 0 Å². The second-order valence-corrected chi connectivity index (χ2v) is 6.76. The van der Waals surface area contributed by atoms with Crippen LogP contribution in [0, 0.1) is 5.92 Å². The molecule has 1 heterocycles. The number of pyridine rings is 1. The topological polar surface area (TPSA) is 68.0 Å². The first kappa shape index (κ1) is 21.7. The highest BCUT2D eigenvalue weighted by Gasteiger charge is 2.41. The lowest BCUT2D eigenvalue weighted by Crippen LogP contribution is -2.53. The smallest absolute Gasteiger partial charge is 0.253 e. The van der Waals surface area contributed by atoms with Crippen molar-refractivity contribution in [2.75, 3.05) is 6.54 Å². The Morgan fingerprint density at radius 2 is 1.88 bits per heavy atom. The Labute approximate surface area is 165 Å². The minimum absolute atomic E-state index is 0. The van der Waals surface area contributed by atoms with Crippen LogP contribution in [0.15, 0.2) is 42.7 Å². The van der Waals surface area contributed by atoms with Gasteiger partial charge in [-0.3, -0.25) is 9.78 Å². The van der Waals surface area contributed by atoms with Crippen LogP contribution in [0.25, 0.3) is 11.1 Å². The second kappa shape index (κ2) is 8.86. The van der Waals surface area contributed by atoms with Gasteiger partial charge >= 0.3 is 0 Å². The fourth-order valence-corrected chi connectivity index (χ4v) is 2.86. The number of aromatic nitrogens is 1. The first-order valence-electron chi connectivity index (χ1n) is 7.75. The highest BCUT2D eigenvalue weighted by atomic mass is 35.5. The van der Waals surface area contributed by atoms with E-state index in [1.807, 2.05) is 37.3 Å². The van der Waals surface area contributed by atoms with Crippen LogP contribution in [-0.2, 0) is 0 Å². The Hall–Kier alpha value is -1.33. The predicted molar refractivity (Wildman–Crippen MR) is 107 cm³/mol. The fraction of sp³-hybridized carbons (Fsp3) is 0.333. The van der Waals surface area contributed by atoms with E-state index in [9.17, 15) is 4.79 Å². The molecule has 1 aromatic heterocycles. The summed E-state index contributed by atoms with van der Waals surface area (Å²) >= 11 is 5.91. The number of benzene rings is 1. The lowest BCUT2D eigenvalue weighted by molar-refractivity contribution is 0.0897. The number of hydrogen-bond donors (Lipinski definition) is 2. The third kappa shape index (κ3) is 5.08. The molecule has 1 aromatic carbocycles. The monoisotopic (exact) mass is 401 g/mol. The summed E-state index contributed by atoms with van der Waals surface area (Å²) in [6.45, 7) is 2.45. The Morgan fingerprint density at radius 3 is 2.44 bits per heavy atom. The molecule has 1 fully saturated rings. The molecule has 25 heavy (non-hydrogen) atoms. The summed E-state index contributed by atoms with van der Waals surface area (Å²) in [5.74, 6) is 0.344. The number of amides is 1. The SMILES string of the molecule is CC(CN)(NC(=O)c1cncc(-c2ccc(Cl)cc2)c1)C1CC1.Cl.Cl. The summed E-state index contributed by atoms with van der Waals surface area (Å²) in [5, 5.41) is 3.76. The van der Waals surface area contributed by atoms with Gasteiger partial charge in [0, 0.05) is 29.5 Å². The van der Waals surface area contributed by atoms with Gasteiger partial charge in [-0.25, -0.2) is 0 Å². The maximum Gasteiger partial charge on any atom is 0.253 e. The van der Waals surface area contributed by atoms with Gasteiger partial charge in [0.25, 0.3) is 5.91 Å². The van der Waals surface area contributed by atoms with Gasteiger partial charge in [0.15, 0.2) is 0 Å². The average Bonchev–Trinajstić information content (AvgIpc) is 3.41. The van der Waals surface area contributed by atoms with Gasteiger partial charge in [-0.05, 0) is 49.4 Å². The molecule has 0 radical (unpaired) electrons. The van der Waals surface area contributed by atoms with Gasteiger partial charge in [-0.2, -0.15) is 0 Å². The highest BCUT2D eigenvalue weighted by molar-refractivity contribution is 6.30. The minimum atomic E-state index is -0.340. The summed E-state index contributed by atoms with van der Waals surface area (Å²) in [5.41, 5.74) is 7.92. The molecule has 7 heteroatoms. The molecule has 3 N–H and O–H groups in total. The van der Waals surface area contributed by atoms with Gasteiger partial charge in [-0.1, -0.05) is 23.7 Å². The molecule has 2 aromatic rings. The number of carbonyl (C=O) groups is 1. The van der Waals surface area contributed by atoms with E-state index in [0.717, 1.165) is 24.0 Å². The number of nitrogens with zero attached hydrogens (tertiary/aromatic N) is 1. The van der Waals surface area contributed by atoms with Crippen molar-refractivity contribution in [2.45, 2.75) is 25.3 Å². The Morgan fingerprint density at radius 1 is 1.24 bits per heavy atom. The van der Waals surface area contributed by atoms with Crippen molar-refractivity contribution < 1.29 is 4.79 Å². The van der Waals surface area contributed by atoms with Gasteiger partial charge in [0.1, 0.15) is 0 Å². The molecule has 1 atom stereocenters. The summed E-state index contributed by atoms with van der Waals surface area (Å²) in [6, 6.07) is 9.31. The molecule has 1 amide bonds. The number of nitrogens with two attached hydrogens (primary N) is 1. The summed E-state index contributed by atoms with van der Waals surface area (Å²) in [7, 11) is 0. The van der Waals surface area contributed by atoms with Crippen LogP contribution in [0.1, 0.15) is 30.1 Å². The second-order valence-electron chi connectivity index (χ2n) is 6.32. The molecular formula is C18H22Cl3N3O. The van der Waals surface area contributed by atoms with E-state index in [-0.39, 0.29) is 36.3 Å². The summed E-state index contributed by atoms with van der Waals surface area (Å²) in [4.78, 5) is 16.8. The number of nitrogens with one attached hydrogen (secondary N) is 1. The van der Waals surface area contributed by atoms with Crippen LogP contribution in [0.4, 0.5) is 0 Å². The van der Waals surface area contributed by atoms with Crippen molar-refractivity contribution >= 4 is 42.3 Å². The Kier molecular flexibility index (Phi) is 7.69. The molecule has 4 nitrogen and oxygen atoms in total. The molecule has 0 spiro atoms. The molecule has 1 unspecified atom stereocenters. The summed E-state index contributed by atoms with van der Waals surface area (Å²) < 4.78 is 0. The maximum atomic E-state index is 12.6. The first-order chi connectivity index (χ1) is 11.0. The molecule has 3 rings (SSSR count). The molecule has 0 saturated heterocycles. The first-order valence-corrected chi connectivity index (χ1v) is 8.13. The van der Waals surface area contributed by atoms with Crippen molar-refractivity contribution in [3.8, 4) is 11.1 Å². The quantitative estimate of drug-likeness (QED) is 0.791. The van der Waals surface area contributed by atoms with Crippen LogP contribution in [0.5, 0.6) is 0 Å². The lowest BCUT2D eigenvalue weighted by atomic mass is 9.95. The highest BCUT2D eigenvalue weighted by Crippen LogP contribution is 2.39. The molecule has 1 saturated carbocycles.